The second kappa shape index (κ2) is 10.3. The maximum Gasteiger partial charge on any atom is 0.267 e. The van der Waals surface area contributed by atoms with E-state index in [1.807, 2.05) is 48.5 Å². The minimum atomic E-state index is -0.282. The minimum Gasteiger partial charge on any atom is -0.493 e. The molecule has 0 atom stereocenters. The summed E-state index contributed by atoms with van der Waals surface area (Å²) in [4.78, 5) is 29.2. The fraction of sp³-hybridized carbons (Fsp3) is 0.320. The summed E-state index contributed by atoms with van der Waals surface area (Å²) < 4.78 is 11.9. The highest BCUT2D eigenvalue weighted by Gasteiger charge is 2.22. The van der Waals surface area contributed by atoms with Gasteiger partial charge in [0.15, 0.2) is 11.5 Å². The van der Waals surface area contributed by atoms with Crippen molar-refractivity contribution in [1.82, 2.24) is 19.6 Å². The van der Waals surface area contributed by atoms with Gasteiger partial charge in [0, 0.05) is 44.4 Å². The van der Waals surface area contributed by atoms with E-state index in [-0.39, 0.29) is 18.0 Å². The fourth-order valence-corrected chi connectivity index (χ4v) is 3.95. The van der Waals surface area contributed by atoms with Crippen molar-refractivity contribution in [1.29, 1.82) is 0 Å². The molecule has 0 spiro atoms. The topological polar surface area (TPSA) is 76.9 Å². The van der Waals surface area contributed by atoms with Crippen molar-refractivity contribution in [3.63, 3.8) is 0 Å². The van der Waals surface area contributed by atoms with Crippen molar-refractivity contribution in [2.75, 3.05) is 40.4 Å². The van der Waals surface area contributed by atoms with Gasteiger partial charge in [0.25, 0.3) is 5.56 Å². The molecule has 1 fully saturated rings. The molecule has 1 aromatic heterocycles. The molecule has 0 saturated carbocycles. The largest absolute Gasteiger partial charge is 0.493 e. The number of carbonyl (C=O) groups excluding carboxylic acids is 1. The lowest BCUT2D eigenvalue weighted by Gasteiger charge is -2.34. The molecule has 1 aliphatic heterocycles. The molecule has 8 nitrogen and oxygen atoms in total. The van der Waals surface area contributed by atoms with Crippen LogP contribution in [-0.4, -0.2) is 65.9 Å². The predicted molar refractivity (Wildman–Crippen MR) is 125 cm³/mol. The first-order valence-electron chi connectivity index (χ1n) is 10.9. The van der Waals surface area contributed by atoms with Gasteiger partial charge >= 0.3 is 0 Å². The lowest BCUT2D eigenvalue weighted by atomic mass is 10.1. The van der Waals surface area contributed by atoms with Gasteiger partial charge in [0.05, 0.1) is 19.9 Å². The lowest BCUT2D eigenvalue weighted by molar-refractivity contribution is -0.133. The van der Waals surface area contributed by atoms with E-state index in [9.17, 15) is 9.59 Å². The molecular formula is C25H28N4O4. The second-order valence-electron chi connectivity index (χ2n) is 7.93. The Kier molecular flexibility index (Phi) is 7.04. The number of piperazine rings is 1. The van der Waals surface area contributed by atoms with Crippen LogP contribution in [0.3, 0.4) is 0 Å². The lowest BCUT2D eigenvalue weighted by Crippen LogP contribution is -2.49. The van der Waals surface area contributed by atoms with Gasteiger partial charge < -0.3 is 14.4 Å². The second-order valence-corrected chi connectivity index (χ2v) is 7.93. The van der Waals surface area contributed by atoms with Crippen LogP contribution < -0.4 is 15.0 Å². The molecule has 33 heavy (non-hydrogen) atoms. The first-order chi connectivity index (χ1) is 16.1. The van der Waals surface area contributed by atoms with Gasteiger partial charge in [-0.3, -0.25) is 14.5 Å². The van der Waals surface area contributed by atoms with E-state index in [1.165, 1.54) is 10.7 Å². The zero-order chi connectivity index (χ0) is 23.2. The van der Waals surface area contributed by atoms with E-state index < -0.39 is 0 Å². The molecule has 172 valence electrons. The molecule has 1 saturated heterocycles. The molecule has 0 bridgehead atoms. The standard InChI is InChI=1S/C25H28N4O4/c1-32-22-10-8-19(16-23(22)33-2)17-27-12-14-28(15-13-27)25(31)18-29-24(30)11-9-21(26-29)20-6-4-3-5-7-20/h3-11,16H,12-15,17-18H2,1-2H3. The number of carbonyl (C=O) groups is 1. The summed E-state index contributed by atoms with van der Waals surface area (Å²) in [6.45, 7) is 3.44. The smallest absolute Gasteiger partial charge is 0.267 e. The zero-order valence-corrected chi connectivity index (χ0v) is 18.9. The SMILES string of the molecule is COc1ccc(CN2CCN(C(=O)Cn3nc(-c4ccccc4)ccc3=O)CC2)cc1OC. The molecule has 1 aliphatic rings. The number of hydrogen-bond donors (Lipinski definition) is 0. The Morgan fingerprint density at radius 1 is 0.909 bits per heavy atom. The molecule has 0 radical (unpaired) electrons. The van der Waals surface area contributed by atoms with Gasteiger partial charge in [-0.15, -0.1) is 0 Å². The van der Waals surface area contributed by atoms with E-state index in [4.69, 9.17) is 9.47 Å². The molecule has 2 aromatic carbocycles. The number of ether oxygens (including phenoxy) is 2. The number of amides is 1. The van der Waals surface area contributed by atoms with Gasteiger partial charge in [-0.25, -0.2) is 4.68 Å². The van der Waals surface area contributed by atoms with Crippen LogP contribution in [0.15, 0.2) is 65.5 Å². The summed E-state index contributed by atoms with van der Waals surface area (Å²) >= 11 is 0. The molecular weight excluding hydrogens is 420 g/mol. The number of rotatable bonds is 7. The maximum absolute atomic E-state index is 12.9. The third-order valence-electron chi connectivity index (χ3n) is 5.80. The average molecular weight is 449 g/mol. The molecule has 4 rings (SSSR count). The first-order valence-corrected chi connectivity index (χ1v) is 10.9. The summed E-state index contributed by atoms with van der Waals surface area (Å²) in [6.07, 6.45) is 0. The van der Waals surface area contributed by atoms with Crippen molar-refractivity contribution in [3.05, 3.63) is 76.6 Å². The Hall–Kier alpha value is -3.65. The number of hydrogen-bond acceptors (Lipinski definition) is 6. The Labute approximate surface area is 193 Å². The summed E-state index contributed by atoms with van der Waals surface area (Å²) in [7, 11) is 3.25. The summed E-state index contributed by atoms with van der Waals surface area (Å²) in [5.41, 5.74) is 2.42. The highest BCUT2D eigenvalue weighted by Crippen LogP contribution is 2.28. The Balaban J connectivity index is 1.35. The van der Waals surface area contributed by atoms with Crippen LogP contribution in [0, 0.1) is 0 Å². The highest BCUT2D eigenvalue weighted by atomic mass is 16.5. The maximum atomic E-state index is 12.9. The van der Waals surface area contributed by atoms with Crippen molar-refractivity contribution in [3.8, 4) is 22.8 Å². The van der Waals surface area contributed by atoms with Crippen LogP contribution in [0.2, 0.25) is 0 Å². The molecule has 0 unspecified atom stereocenters. The van der Waals surface area contributed by atoms with Gasteiger partial charge in [-0.05, 0) is 23.8 Å². The van der Waals surface area contributed by atoms with Crippen LogP contribution in [0.5, 0.6) is 11.5 Å². The molecule has 0 N–H and O–H groups in total. The van der Waals surface area contributed by atoms with Crippen molar-refractivity contribution in [2.45, 2.75) is 13.1 Å². The molecule has 0 aliphatic carbocycles. The third kappa shape index (κ3) is 5.40. The normalized spacial score (nSPS) is 14.2. The van der Waals surface area contributed by atoms with Gasteiger partial charge in [-0.1, -0.05) is 36.4 Å². The third-order valence-corrected chi connectivity index (χ3v) is 5.80. The molecule has 8 heteroatoms. The van der Waals surface area contributed by atoms with Gasteiger partial charge in [0.2, 0.25) is 5.91 Å². The number of methoxy groups -OCH3 is 2. The molecule has 3 aromatic rings. The van der Waals surface area contributed by atoms with Crippen LogP contribution in [0.25, 0.3) is 11.3 Å². The Bertz CT molecular complexity index is 1150. The highest BCUT2D eigenvalue weighted by molar-refractivity contribution is 5.76. The van der Waals surface area contributed by atoms with Crippen molar-refractivity contribution < 1.29 is 14.3 Å². The summed E-state index contributed by atoms with van der Waals surface area (Å²) in [6, 6.07) is 18.7. The van der Waals surface area contributed by atoms with Crippen LogP contribution >= 0.6 is 0 Å². The van der Waals surface area contributed by atoms with Crippen molar-refractivity contribution in [2.24, 2.45) is 0 Å². The monoisotopic (exact) mass is 448 g/mol. The number of aromatic nitrogens is 2. The van der Waals surface area contributed by atoms with E-state index in [2.05, 4.69) is 10.00 Å². The van der Waals surface area contributed by atoms with Gasteiger partial charge in [-0.2, -0.15) is 5.10 Å². The van der Waals surface area contributed by atoms with Gasteiger partial charge in [0.1, 0.15) is 6.54 Å². The average Bonchev–Trinajstić information content (AvgIpc) is 2.86. The fourth-order valence-electron chi connectivity index (χ4n) is 3.95. The number of nitrogens with zero attached hydrogens (tertiary/aromatic N) is 4. The number of benzene rings is 2. The van der Waals surface area contributed by atoms with Crippen LogP contribution in [0.4, 0.5) is 0 Å². The van der Waals surface area contributed by atoms with E-state index >= 15 is 0 Å². The predicted octanol–water partition coefficient (Wildman–Crippen LogP) is 2.27. The van der Waals surface area contributed by atoms with Crippen molar-refractivity contribution >= 4 is 5.91 Å². The zero-order valence-electron chi connectivity index (χ0n) is 18.9. The van der Waals surface area contributed by atoms with E-state index in [1.54, 1.807) is 25.2 Å². The first kappa shape index (κ1) is 22.5. The van der Waals surface area contributed by atoms with E-state index in [0.29, 0.717) is 30.3 Å². The van der Waals surface area contributed by atoms with Crippen LogP contribution in [-0.2, 0) is 17.9 Å². The Morgan fingerprint density at radius 2 is 1.64 bits per heavy atom. The molecule has 2 heterocycles. The minimum absolute atomic E-state index is 0.0603. The quantitative estimate of drug-likeness (QED) is 0.552. The Morgan fingerprint density at radius 3 is 2.33 bits per heavy atom. The van der Waals surface area contributed by atoms with E-state index in [0.717, 1.165) is 30.8 Å². The van der Waals surface area contributed by atoms with Crippen LogP contribution in [0.1, 0.15) is 5.56 Å². The molecule has 1 amide bonds. The summed E-state index contributed by atoms with van der Waals surface area (Å²) in [5, 5.41) is 4.40. The summed E-state index contributed by atoms with van der Waals surface area (Å²) in [5.74, 6) is 1.32.